The average molecular weight is 564 g/mol. The van der Waals surface area contributed by atoms with Gasteiger partial charge in [0.25, 0.3) is 0 Å². The highest BCUT2D eigenvalue weighted by molar-refractivity contribution is 9.10. The quantitative estimate of drug-likeness (QED) is 0.209. The highest BCUT2D eigenvalue weighted by atomic mass is 79.9. The Bertz CT molecular complexity index is 2110. The van der Waals surface area contributed by atoms with Crippen LogP contribution in [0.1, 0.15) is 0 Å². The van der Waals surface area contributed by atoms with Crippen molar-refractivity contribution in [2.45, 2.75) is 0 Å². The number of benzene rings is 6. The molecule has 3 heteroatoms. The van der Waals surface area contributed by atoms with Gasteiger partial charge in [-0.05, 0) is 76.9 Å². The van der Waals surface area contributed by atoms with Crippen LogP contribution in [0.2, 0.25) is 0 Å². The van der Waals surface area contributed by atoms with E-state index < -0.39 is 0 Å². The Morgan fingerprint density at radius 1 is 0.436 bits per heavy atom. The molecule has 0 fully saturated rings. The normalized spacial score (nSPS) is 11.7. The average Bonchev–Trinajstić information content (AvgIpc) is 3.52. The molecular weight excluding hydrogens is 542 g/mol. The second-order valence-electron chi connectivity index (χ2n) is 9.95. The van der Waals surface area contributed by atoms with Crippen LogP contribution >= 0.6 is 15.9 Å². The Morgan fingerprint density at radius 2 is 0.923 bits per heavy atom. The van der Waals surface area contributed by atoms with E-state index in [-0.39, 0.29) is 0 Å². The molecule has 0 aliphatic rings. The summed E-state index contributed by atoms with van der Waals surface area (Å²) in [5.74, 6) is 0. The molecule has 8 aromatic rings. The van der Waals surface area contributed by atoms with Gasteiger partial charge in [-0.3, -0.25) is 0 Å². The molecule has 0 amide bonds. The van der Waals surface area contributed by atoms with Crippen molar-refractivity contribution in [3.8, 4) is 27.9 Å². The van der Waals surface area contributed by atoms with E-state index in [1.165, 1.54) is 49.7 Å². The highest BCUT2D eigenvalue weighted by Gasteiger charge is 2.12. The molecule has 0 spiro atoms. The largest absolute Gasteiger partial charge is 0.456 e. The number of hydrogen-bond donors (Lipinski definition) is 0. The molecule has 0 saturated carbocycles. The first-order valence-corrected chi connectivity index (χ1v) is 13.8. The molecule has 8 rings (SSSR count). The number of aromatic nitrogens is 1. The first kappa shape index (κ1) is 22.4. The number of fused-ring (bicyclic) bond motifs is 6. The van der Waals surface area contributed by atoms with Gasteiger partial charge in [0.05, 0.1) is 11.0 Å². The van der Waals surface area contributed by atoms with Gasteiger partial charge in [-0.25, -0.2) is 0 Å². The van der Waals surface area contributed by atoms with Gasteiger partial charge in [0.15, 0.2) is 0 Å². The Labute approximate surface area is 233 Å². The van der Waals surface area contributed by atoms with Gasteiger partial charge in [-0.15, -0.1) is 0 Å². The molecule has 0 aliphatic heterocycles. The Morgan fingerprint density at radius 3 is 1.56 bits per heavy atom. The van der Waals surface area contributed by atoms with E-state index in [0.29, 0.717) is 0 Å². The maximum Gasteiger partial charge on any atom is 0.135 e. The van der Waals surface area contributed by atoms with Gasteiger partial charge in [0.1, 0.15) is 11.2 Å². The minimum Gasteiger partial charge on any atom is -0.456 e. The lowest BCUT2D eigenvalue weighted by Crippen LogP contribution is -1.93. The summed E-state index contributed by atoms with van der Waals surface area (Å²) in [5, 5.41) is 4.82. The monoisotopic (exact) mass is 563 g/mol. The van der Waals surface area contributed by atoms with Crippen LogP contribution in [0, 0.1) is 0 Å². The number of furan rings is 1. The summed E-state index contributed by atoms with van der Waals surface area (Å²) in [6.07, 6.45) is 0. The molecule has 0 saturated heterocycles. The molecule has 6 aromatic carbocycles. The Balaban J connectivity index is 1.14. The van der Waals surface area contributed by atoms with Crippen molar-refractivity contribution in [3.63, 3.8) is 0 Å². The second-order valence-corrected chi connectivity index (χ2v) is 10.9. The zero-order chi connectivity index (χ0) is 25.9. The smallest absolute Gasteiger partial charge is 0.135 e. The molecule has 39 heavy (non-hydrogen) atoms. The fraction of sp³-hybridized carbons (Fsp3) is 0. The first-order valence-electron chi connectivity index (χ1n) is 13.0. The maximum absolute atomic E-state index is 6.04. The molecule has 0 unspecified atom stereocenters. The summed E-state index contributed by atoms with van der Waals surface area (Å²) in [7, 11) is 0. The summed E-state index contributed by atoms with van der Waals surface area (Å²) >= 11 is 3.59. The molecule has 184 valence electrons. The molecule has 2 nitrogen and oxygen atoms in total. The second kappa shape index (κ2) is 8.72. The van der Waals surface area contributed by atoms with Crippen LogP contribution in [0.25, 0.3) is 71.7 Å². The molecule has 0 radical (unpaired) electrons. The molecule has 2 aromatic heterocycles. The van der Waals surface area contributed by atoms with E-state index in [1.807, 2.05) is 12.1 Å². The first-order chi connectivity index (χ1) is 19.2. The van der Waals surface area contributed by atoms with Crippen molar-refractivity contribution in [2.75, 3.05) is 0 Å². The van der Waals surface area contributed by atoms with E-state index in [2.05, 4.69) is 142 Å². The fourth-order valence-corrected chi connectivity index (χ4v) is 6.15. The molecule has 0 atom stereocenters. The van der Waals surface area contributed by atoms with Crippen LogP contribution < -0.4 is 0 Å². The van der Waals surface area contributed by atoms with Crippen LogP contribution in [-0.4, -0.2) is 4.57 Å². The van der Waals surface area contributed by atoms with Crippen molar-refractivity contribution < 1.29 is 4.42 Å². The van der Waals surface area contributed by atoms with Crippen LogP contribution in [0.15, 0.2) is 142 Å². The van der Waals surface area contributed by atoms with E-state index >= 15 is 0 Å². The lowest BCUT2D eigenvalue weighted by atomic mass is 9.99. The molecule has 0 aliphatic carbocycles. The van der Waals surface area contributed by atoms with Crippen molar-refractivity contribution in [3.05, 3.63) is 138 Å². The maximum atomic E-state index is 6.04. The lowest BCUT2D eigenvalue weighted by molar-refractivity contribution is 0.669. The van der Waals surface area contributed by atoms with Crippen molar-refractivity contribution in [1.29, 1.82) is 0 Å². The predicted octanol–water partition coefficient (Wildman–Crippen LogP) is 10.8. The molecule has 0 bridgehead atoms. The lowest BCUT2D eigenvalue weighted by Gasteiger charge is -2.10. The van der Waals surface area contributed by atoms with Gasteiger partial charge >= 0.3 is 0 Å². The third kappa shape index (κ3) is 3.62. The summed E-state index contributed by atoms with van der Waals surface area (Å²) in [6.45, 7) is 0. The summed E-state index contributed by atoms with van der Waals surface area (Å²) in [5.41, 5.74) is 10.2. The van der Waals surface area contributed by atoms with Gasteiger partial charge in [-0.1, -0.05) is 94.8 Å². The van der Waals surface area contributed by atoms with Gasteiger partial charge in [0.2, 0.25) is 0 Å². The van der Waals surface area contributed by atoms with Crippen LogP contribution in [0.3, 0.4) is 0 Å². The number of para-hydroxylation sites is 2. The van der Waals surface area contributed by atoms with E-state index in [0.717, 1.165) is 26.4 Å². The number of hydrogen-bond acceptors (Lipinski definition) is 1. The number of nitrogens with zero attached hydrogens (tertiary/aromatic N) is 1. The highest BCUT2D eigenvalue weighted by Crippen LogP contribution is 2.35. The zero-order valence-electron chi connectivity index (χ0n) is 20.9. The van der Waals surface area contributed by atoms with Crippen molar-refractivity contribution in [1.82, 2.24) is 4.57 Å². The molecule has 2 heterocycles. The van der Waals surface area contributed by atoms with Gasteiger partial charge in [0, 0.05) is 31.7 Å². The molecular formula is C36H22BrNO. The van der Waals surface area contributed by atoms with Crippen LogP contribution in [-0.2, 0) is 0 Å². The number of halogens is 1. The van der Waals surface area contributed by atoms with Gasteiger partial charge in [-0.2, -0.15) is 0 Å². The zero-order valence-corrected chi connectivity index (χ0v) is 22.5. The third-order valence-electron chi connectivity index (χ3n) is 7.69. The van der Waals surface area contributed by atoms with Crippen LogP contribution in [0.5, 0.6) is 0 Å². The summed E-state index contributed by atoms with van der Waals surface area (Å²) in [4.78, 5) is 0. The van der Waals surface area contributed by atoms with E-state index in [4.69, 9.17) is 4.42 Å². The van der Waals surface area contributed by atoms with Crippen LogP contribution in [0.4, 0.5) is 0 Å². The SMILES string of the molecule is Brc1ccc2oc3ccc(-c4ccc(-c5ccc(-n6c7ccccc7c7ccccc76)cc5)cc4)cc3c2c1. The standard InChI is InChI=1S/C36H22BrNO/c37-27-16-20-36-32(22-27)31-21-26(15-19-35(31)39-36)25-11-9-23(10-12-25)24-13-17-28(18-14-24)38-33-7-3-1-5-29(33)30-6-2-4-8-34(30)38/h1-22H. The summed E-state index contributed by atoms with van der Waals surface area (Å²) in [6, 6.07) is 47.5. The topological polar surface area (TPSA) is 18.1 Å². The van der Waals surface area contributed by atoms with E-state index in [1.54, 1.807) is 0 Å². The van der Waals surface area contributed by atoms with Gasteiger partial charge < -0.3 is 8.98 Å². The Hall–Kier alpha value is -4.60. The number of rotatable bonds is 3. The predicted molar refractivity (Wildman–Crippen MR) is 167 cm³/mol. The minimum absolute atomic E-state index is 0.907. The minimum atomic E-state index is 0.907. The molecule has 0 N–H and O–H groups in total. The third-order valence-corrected chi connectivity index (χ3v) is 8.18. The van der Waals surface area contributed by atoms with Crippen molar-refractivity contribution in [2.24, 2.45) is 0 Å². The Kier molecular flexibility index (Phi) is 5.01. The fourth-order valence-electron chi connectivity index (χ4n) is 5.79. The van der Waals surface area contributed by atoms with E-state index in [9.17, 15) is 0 Å². The van der Waals surface area contributed by atoms with Crippen molar-refractivity contribution >= 4 is 59.7 Å². The summed E-state index contributed by atoms with van der Waals surface area (Å²) < 4.78 is 9.44.